The summed E-state index contributed by atoms with van der Waals surface area (Å²) in [6.45, 7) is 1.32. The highest BCUT2D eigenvalue weighted by Gasteiger charge is 2.24. The molecule has 164 valence electrons. The first-order valence-electron chi connectivity index (χ1n) is 9.71. The van der Waals surface area contributed by atoms with Crippen molar-refractivity contribution in [3.8, 4) is 5.75 Å². The van der Waals surface area contributed by atoms with E-state index in [-0.39, 0.29) is 28.7 Å². The van der Waals surface area contributed by atoms with Crippen LogP contribution in [0.1, 0.15) is 22.8 Å². The lowest BCUT2D eigenvalue weighted by Gasteiger charge is -2.18. The second kappa shape index (κ2) is 10.8. The molecule has 0 aromatic heterocycles. The minimum absolute atomic E-state index is 0.0163. The van der Waals surface area contributed by atoms with Crippen LogP contribution in [-0.2, 0) is 16.0 Å². The number of benzene rings is 3. The van der Waals surface area contributed by atoms with Crippen LogP contribution in [0.15, 0.2) is 72.8 Å². The third-order valence-electron chi connectivity index (χ3n) is 4.45. The fourth-order valence-corrected chi connectivity index (χ4v) is 3.26. The number of halogens is 2. The predicted octanol–water partition coefficient (Wildman–Crippen LogP) is 4.90. The first kappa shape index (κ1) is 23.3. The topological polar surface area (TPSA) is 84.5 Å². The number of hydrogen-bond donors (Lipinski definition) is 2. The van der Waals surface area contributed by atoms with Gasteiger partial charge in [-0.1, -0.05) is 53.5 Å². The van der Waals surface area contributed by atoms with Crippen molar-refractivity contribution < 1.29 is 19.1 Å². The second-order valence-electron chi connectivity index (χ2n) is 6.97. The molecule has 0 saturated carbocycles. The molecule has 0 unspecified atom stereocenters. The summed E-state index contributed by atoms with van der Waals surface area (Å²) < 4.78 is 5.52. The number of amides is 2. The van der Waals surface area contributed by atoms with E-state index >= 15 is 0 Å². The number of carbonyl (C=O) groups excluding carboxylic acids is 3. The summed E-state index contributed by atoms with van der Waals surface area (Å²) in [7, 11) is 0. The molecule has 3 rings (SSSR count). The third kappa shape index (κ3) is 6.57. The first-order valence-corrected chi connectivity index (χ1v) is 10.5. The quantitative estimate of drug-likeness (QED) is 0.379. The van der Waals surface area contributed by atoms with Crippen molar-refractivity contribution in [1.29, 1.82) is 0 Å². The minimum Gasteiger partial charge on any atom is -0.424 e. The van der Waals surface area contributed by atoms with Gasteiger partial charge in [-0.25, -0.2) is 4.79 Å². The summed E-state index contributed by atoms with van der Waals surface area (Å²) in [4.78, 5) is 37.4. The Morgan fingerprint density at radius 3 is 2.22 bits per heavy atom. The van der Waals surface area contributed by atoms with Crippen LogP contribution in [-0.4, -0.2) is 23.8 Å². The van der Waals surface area contributed by atoms with E-state index in [1.54, 1.807) is 24.3 Å². The van der Waals surface area contributed by atoms with E-state index in [0.29, 0.717) is 10.7 Å². The van der Waals surface area contributed by atoms with Crippen LogP contribution in [0.25, 0.3) is 0 Å². The summed E-state index contributed by atoms with van der Waals surface area (Å²) in [5.41, 5.74) is 1.47. The molecule has 0 radical (unpaired) electrons. The van der Waals surface area contributed by atoms with Crippen LogP contribution in [0.2, 0.25) is 10.0 Å². The van der Waals surface area contributed by atoms with E-state index in [0.717, 1.165) is 5.56 Å². The molecule has 1 atom stereocenters. The zero-order valence-corrected chi connectivity index (χ0v) is 18.6. The van der Waals surface area contributed by atoms with Gasteiger partial charge in [0.15, 0.2) is 0 Å². The lowest BCUT2D eigenvalue weighted by Crippen LogP contribution is -2.43. The SMILES string of the molecule is CC(=O)N[C@@H](Cc1ccccc1)C(=O)Oc1cc(Cl)ccc1C(=O)Nc1ccc(Cl)cc1. The summed E-state index contributed by atoms with van der Waals surface area (Å²) in [6.07, 6.45) is 0.228. The van der Waals surface area contributed by atoms with E-state index in [2.05, 4.69) is 10.6 Å². The van der Waals surface area contributed by atoms with Gasteiger partial charge < -0.3 is 15.4 Å². The van der Waals surface area contributed by atoms with Gasteiger partial charge in [0.25, 0.3) is 5.91 Å². The average molecular weight is 471 g/mol. The maximum absolute atomic E-state index is 12.9. The van der Waals surface area contributed by atoms with Crippen molar-refractivity contribution in [2.75, 3.05) is 5.32 Å². The van der Waals surface area contributed by atoms with Gasteiger partial charge in [0.2, 0.25) is 5.91 Å². The Morgan fingerprint density at radius 2 is 1.56 bits per heavy atom. The van der Waals surface area contributed by atoms with E-state index in [4.69, 9.17) is 27.9 Å². The second-order valence-corrected chi connectivity index (χ2v) is 7.84. The maximum atomic E-state index is 12.9. The van der Waals surface area contributed by atoms with Crippen LogP contribution in [0, 0.1) is 0 Å². The molecule has 0 heterocycles. The number of rotatable bonds is 7. The first-order chi connectivity index (χ1) is 15.3. The molecule has 3 aromatic carbocycles. The molecular formula is C24H20Cl2N2O4. The smallest absolute Gasteiger partial charge is 0.334 e. The molecule has 6 nitrogen and oxygen atoms in total. The number of carbonyl (C=O) groups is 3. The van der Waals surface area contributed by atoms with Gasteiger partial charge >= 0.3 is 5.97 Å². The van der Waals surface area contributed by atoms with Crippen LogP contribution < -0.4 is 15.4 Å². The predicted molar refractivity (Wildman–Crippen MR) is 124 cm³/mol. The zero-order chi connectivity index (χ0) is 23.1. The summed E-state index contributed by atoms with van der Waals surface area (Å²) in [5.74, 6) is -1.61. The van der Waals surface area contributed by atoms with Gasteiger partial charge in [-0.05, 0) is 42.0 Å². The van der Waals surface area contributed by atoms with Crippen molar-refractivity contribution in [3.05, 3.63) is 94.0 Å². The molecule has 2 amide bonds. The minimum atomic E-state index is -0.943. The van der Waals surface area contributed by atoms with Crippen LogP contribution in [0.5, 0.6) is 5.75 Å². The maximum Gasteiger partial charge on any atom is 0.334 e. The number of hydrogen-bond acceptors (Lipinski definition) is 4. The molecule has 0 aliphatic rings. The van der Waals surface area contributed by atoms with Crippen LogP contribution in [0.3, 0.4) is 0 Å². The molecule has 8 heteroatoms. The number of anilines is 1. The monoisotopic (exact) mass is 470 g/mol. The Balaban J connectivity index is 1.81. The van der Waals surface area contributed by atoms with Gasteiger partial charge in [0, 0.05) is 35.1 Å². The largest absolute Gasteiger partial charge is 0.424 e. The zero-order valence-electron chi connectivity index (χ0n) is 17.1. The van der Waals surface area contributed by atoms with Crippen molar-refractivity contribution in [2.24, 2.45) is 0 Å². The van der Waals surface area contributed by atoms with Gasteiger partial charge in [-0.3, -0.25) is 9.59 Å². The van der Waals surface area contributed by atoms with E-state index in [1.807, 2.05) is 30.3 Å². The molecule has 0 saturated heterocycles. The standard InChI is InChI=1S/C24H20Cl2N2O4/c1-15(29)27-21(13-16-5-3-2-4-6-16)24(31)32-22-14-18(26)9-12-20(22)23(30)28-19-10-7-17(25)8-11-19/h2-12,14,21H,13H2,1H3,(H,27,29)(H,28,30)/t21-/m0/s1. The van der Waals surface area contributed by atoms with E-state index < -0.39 is 17.9 Å². The van der Waals surface area contributed by atoms with E-state index in [9.17, 15) is 14.4 Å². The van der Waals surface area contributed by atoms with Crippen molar-refractivity contribution in [3.63, 3.8) is 0 Å². The number of esters is 1. The summed E-state index contributed by atoms with van der Waals surface area (Å²) >= 11 is 11.9. The molecule has 0 aliphatic heterocycles. The highest BCUT2D eigenvalue weighted by molar-refractivity contribution is 6.31. The normalized spacial score (nSPS) is 11.3. The fourth-order valence-electron chi connectivity index (χ4n) is 2.97. The van der Waals surface area contributed by atoms with Crippen LogP contribution >= 0.6 is 23.2 Å². The molecular weight excluding hydrogens is 451 g/mol. The van der Waals surface area contributed by atoms with Crippen molar-refractivity contribution >= 4 is 46.7 Å². The molecule has 0 bridgehead atoms. The molecule has 32 heavy (non-hydrogen) atoms. The Morgan fingerprint density at radius 1 is 0.906 bits per heavy atom. The Kier molecular flexibility index (Phi) is 7.87. The molecule has 0 fully saturated rings. The summed E-state index contributed by atoms with van der Waals surface area (Å²) in [6, 6.07) is 19.2. The Bertz CT molecular complexity index is 1120. The molecule has 3 aromatic rings. The Hall–Kier alpha value is -3.35. The van der Waals surface area contributed by atoms with Crippen molar-refractivity contribution in [1.82, 2.24) is 5.32 Å². The molecule has 2 N–H and O–H groups in total. The molecule has 0 spiro atoms. The lowest BCUT2D eigenvalue weighted by atomic mass is 10.1. The third-order valence-corrected chi connectivity index (χ3v) is 4.93. The fraction of sp³-hybridized carbons (Fsp3) is 0.125. The number of ether oxygens (including phenoxy) is 1. The van der Waals surface area contributed by atoms with Crippen molar-refractivity contribution in [2.45, 2.75) is 19.4 Å². The van der Waals surface area contributed by atoms with Gasteiger partial charge in [-0.15, -0.1) is 0 Å². The highest BCUT2D eigenvalue weighted by Crippen LogP contribution is 2.25. The average Bonchev–Trinajstić information content (AvgIpc) is 2.75. The number of nitrogens with one attached hydrogen (secondary N) is 2. The highest BCUT2D eigenvalue weighted by atomic mass is 35.5. The van der Waals surface area contributed by atoms with E-state index in [1.165, 1.54) is 25.1 Å². The Labute approximate surface area is 195 Å². The van der Waals surface area contributed by atoms with Gasteiger partial charge in [0.1, 0.15) is 11.8 Å². The van der Waals surface area contributed by atoms with Gasteiger partial charge in [-0.2, -0.15) is 0 Å². The summed E-state index contributed by atoms with van der Waals surface area (Å²) in [5, 5.41) is 6.14. The van der Waals surface area contributed by atoms with Gasteiger partial charge in [0.05, 0.1) is 5.56 Å². The lowest BCUT2D eigenvalue weighted by molar-refractivity contribution is -0.139. The van der Waals surface area contributed by atoms with Crippen LogP contribution in [0.4, 0.5) is 5.69 Å². The molecule has 0 aliphatic carbocycles.